The molecule has 1 aromatic heterocycles. The molecule has 162 valence electrons. The van der Waals surface area contributed by atoms with Gasteiger partial charge in [0.2, 0.25) is 0 Å². The van der Waals surface area contributed by atoms with E-state index in [4.69, 9.17) is 4.52 Å². The van der Waals surface area contributed by atoms with Crippen molar-refractivity contribution in [3.63, 3.8) is 0 Å². The smallest absolute Gasteiger partial charge is 0.318 e. The van der Waals surface area contributed by atoms with Crippen LogP contribution in [0.2, 0.25) is 0 Å². The van der Waals surface area contributed by atoms with Crippen LogP contribution in [-0.2, 0) is 16.0 Å². The minimum Gasteiger partial charge on any atom is -0.481 e. The molecule has 2 aliphatic rings. The summed E-state index contributed by atoms with van der Waals surface area (Å²) in [7, 11) is 0. The molecule has 6 heteroatoms. The van der Waals surface area contributed by atoms with Crippen molar-refractivity contribution in [3.8, 4) is 0 Å². The van der Waals surface area contributed by atoms with E-state index in [9.17, 15) is 19.8 Å². The van der Waals surface area contributed by atoms with Crippen molar-refractivity contribution in [1.29, 1.82) is 0 Å². The highest BCUT2D eigenvalue weighted by atomic mass is 16.5. The van der Waals surface area contributed by atoms with Crippen LogP contribution in [0.15, 0.2) is 4.52 Å². The molecule has 0 bridgehead atoms. The van der Waals surface area contributed by atoms with E-state index >= 15 is 0 Å². The summed E-state index contributed by atoms with van der Waals surface area (Å²) in [6, 6.07) is 0. The minimum absolute atomic E-state index is 0.331. The van der Waals surface area contributed by atoms with Crippen molar-refractivity contribution in [3.05, 3.63) is 17.0 Å². The topological polar surface area (TPSA) is 101 Å². The monoisotopic (exact) mass is 405 g/mol. The summed E-state index contributed by atoms with van der Waals surface area (Å²) in [6.07, 6.45) is 7.33. The number of aliphatic carboxylic acids is 2. The first-order chi connectivity index (χ1) is 13.6. The van der Waals surface area contributed by atoms with Crippen LogP contribution >= 0.6 is 0 Å². The molecule has 0 radical (unpaired) electrons. The maximum Gasteiger partial charge on any atom is 0.318 e. The SMILES string of the molecule is CCC[C@@H](Cc1noc(C2CC(CC(C)(C)C)C2)c1C1CC1)C(C(=O)O)C(=O)O. The first-order valence-corrected chi connectivity index (χ1v) is 11.0. The number of aromatic nitrogens is 1. The summed E-state index contributed by atoms with van der Waals surface area (Å²) in [5.41, 5.74) is 2.30. The molecule has 0 amide bonds. The van der Waals surface area contributed by atoms with E-state index in [2.05, 4.69) is 25.9 Å². The van der Waals surface area contributed by atoms with Gasteiger partial charge < -0.3 is 14.7 Å². The minimum atomic E-state index is -1.40. The van der Waals surface area contributed by atoms with Gasteiger partial charge in [0.15, 0.2) is 5.92 Å². The Hall–Kier alpha value is -1.85. The molecule has 0 spiro atoms. The van der Waals surface area contributed by atoms with Crippen molar-refractivity contribution in [2.45, 2.75) is 90.9 Å². The van der Waals surface area contributed by atoms with Gasteiger partial charge in [0.1, 0.15) is 5.76 Å². The van der Waals surface area contributed by atoms with Crippen molar-refractivity contribution in [2.75, 3.05) is 0 Å². The Morgan fingerprint density at radius 1 is 1.14 bits per heavy atom. The van der Waals surface area contributed by atoms with Crippen LogP contribution in [0.25, 0.3) is 0 Å². The van der Waals surface area contributed by atoms with E-state index in [1.807, 2.05) is 6.92 Å². The number of hydrogen-bond acceptors (Lipinski definition) is 4. The van der Waals surface area contributed by atoms with Crippen LogP contribution in [0.3, 0.4) is 0 Å². The van der Waals surface area contributed by atoms with E-state index in [0.29, 0.717) is 30.1 Å². The zero-order valence-electron chi connectivity index (χ0n) is 18.1. The largest absolute Gasteiger partial charge is 0.481 e. The van der Waals surface area contributed by atoms with Crippen LogP contribution in [0.4, 0.5) is 0 Å². The summed E-state index contributed by atoms with van der Waals surface area (Å²) < 4.78 is 5.81. The van der Waals surface area contributed by atoms with Crippen molar-refractivity contribution >= 4 is 11.9 Å². The first kappa shape index (κ1) is 21.8. The number of rotatable bonds is 10. The fraction of sp³-hybridized carbons (Fsp3) is 0.783. The molecule has 2 N–H and O–H groups in total. The first-order valence-electron chi connectivity index (χ1n) is 11.0. The Kier molecular flexibility index (Phi) is 6.39. The molecule has 6 nitrogen and oxygen atoms in total. The molecule has 1 aromatic rings. The fourth-order valence-electron chi connectivity index (χ4n) is 5.09. The molecule has 3 rings (SSSR count). The van der Waals surface area contributed by atoms with E-state index in [0.717, 1.165) is 49.5 Å². The van der Waals surface area contributed by atoms with Gasteiger partial charge in [-0.3, -0.25) is 9.59 Å². The van der Waals surface area contributed by atoms with Crippen LogP contribution < -0.4 is 0 Å². The number of carbonyl (C=O) groups is 2. The number of hydrogen-bond donors (Lipinski definition) is 2. The molecular formula is C23H35NO5. The Morgan fingerprint density at radius 3 is 2.24 bits per heavy atom. The summed E-state index contributed by atoms with van der Waals surface area (Å²) in [6.45, 7) is 8.78. The predicted molar refractivity (Wildman–Crippen MR) is 109 cm³/mol. The van der Waals surface area contributed by atoms with Crippen molar-refractivity contribution in [1.82, 2.24) is 5.16 Å². The Balaban J connectivity index is 1.77. The highest BCUT2D eigenvalue weighted by Gasteiger charge is 2.42. The zero-order chi connectivity index (χ0) is 21.3. The molecule has 0 aromatic carbocycles. The second-order valence-electron chi connectivity index (χ2n) is 10.4. The van der Waals surface area contributed by atoms with Gasteiger partial charge in [-0.1, -0.05) is 39.3 Å². The summed E-state index contributed by atoms with van der Waals surface area (Å²) in [5, 5.41) is 23.2. The third kappa shape index (κ3) is 5.20. The van der Waals surface area contributed by atoms with Gasteiger partial charge in [-0.25, -0.2) is 0 Å². The lowest BCUT2D eigenvalue weighted by Crippen LogP contribution is -2.32. The van der Waals surface area contributed by atoms with Crippen LogP contribution in [0.1, 0.15) is 101 Å². The van der Waals surface area contributed by atoms with E-state index < -0.39 is 23.8 Å². The third-order valence-corrected chi connectivity index (χ3v) is 6.44. The predicted octanol–water partition coefficient (Wildman–Crippen LogP) is 5.23. The zero-order valence-corrected chi connectivity index (χ0v) is 18.1. The summed E-state index contributed by atoms with van der Waals surface area (Å²) >= 11 is 0. The Bertz CT molecular complexity index is 723. The number of carboxylic acid groups (broad SMARTS) is 2. The fourth-order valence-corrected chi connectivity index (χ4v) is 5.09. The van der Waals surface area contributed by atoms with Gasteiger partial charge in [0, 0.05) is 11.5 Å². The Labute approximate surface area is 173 Å². The maximum absolute atomic E-state index is 11.6. The lowest BCUT2D eigenvalue weighted by Gasteiger charge is -2.38. The summed E-state index contributed by atoms with van der Waals surface area (Å²) in [5.74, 6) is -1.85. The molecule has 1 atom stereocenters. The molecule has 2 aliphatic carbocycles. The molecular weight excluding hydrogens is 370 g/mol. The van der Waals surface area contributed by atoms with Gasteiger partial charge in [-0.15, -0.1) is 0 Å². The third-order valence-electron chi connectivity index (χ3n) is 6.44. The van der Waals surface area contributed by atoms with Gasteiger partial charge in [0.25, 0.3) is 0 Å². The number of carboxylic acids is 2. The highest BCUT2D eigenvalue weighted by molar-refractivity contribution is 5.93. The quantitative estimate of drug-likeness (QED) is 0.517. The standard InChI is InChI=1S/C23H35NO5/c1-5-6-15(19(21(25)26)22(27)28)11-17-18(14-7-8-14)20(29-24-17)16-9-13(10-16)12-23(2,3)4/h13-16,19H,5-12H2,1-4H3,(H,25,26)(H,27,28)/t13?,15-,16?/m0/s1. The molecule has 1 heterocycles. The van der Waals surface area contributed by atoms with Crippen molar-refractivity contribution in [2.24, 2.45) is 23.2 Å². The number of nitrogens with zero attached hydrogens (tertiary/aromatic N) is 1. The van der Waals surface area contributed by atoms with Gasteiger partial charge in [-0.2, -0.15) is 0 Å². The van der Waals surface area contributed by atoms with E-state index in [1.54, 1.807) is 0 Å². The molecule has 0 aliphatic heterocycles. The summed E-state index contributed by atoms with van der Waals surface area (Å²) in [4.78, 5) is 23.1. The van der Waals surface area contributed by atoms with Crippen LogP contribution in [-0.4, -0.2) is 27.3 Å². The lowest BCUT2D eigenvalue weighted by molar-refractivity contribution is -0.157. The lowest BCUT2D eigenvalue weighted by atomic mass is 9.67. The van der Waals surface area contributed by atoms with E-state index in [-0.39, 0.29) is 0 Å². The van der Waals surface area contributed by atoms with Gasteiger partial charge in [0.05, 0.1) is 5.69 Å². The highest BCUT2D eigenvalue weighted by Crippen LogP contribution is 2.52. The van der Waals surface area contributed by atoms with Gasteiger partial charge >= 0.3 is 11.9 Å². The maximum atomic E-state index is 11.6. The van der Waals surface area contributed by atoms with Crippen LogP contribution in [0, 0.1) is 23.2 Å². The molecule has 2 saturated carbocycles. The van der Waals surface area contributed by atoms with Crippen LogP contribution in [0.5, 0.6) is 0 Å². The second-order valence-corrected chi connectivity index (χ2v) is 10.4. The molecule has 0 unspecified atom stereocenters. The molecule has 29 heavy (non-hydrogen) atoms. The average Bonchev–Trinajstić information content (AvgIpc) is 3.30. The molecule has 0 saturated heterocycles. The van der Waals surface area contributed by atoms with Gasteiger partial charge in [-0.05, 0) is 68.1 Å². The average molecular weight is 406 g/mol. The normalized spacial score (nSPS) is 23.1. The molecule has 2 fully saturated rings. The Morgan fingerprint density at radius 2 is 1.76 bits per heavy atom. The second kappa shape index (κ2) is 8.49. The van der Waals surface area contributed by atoms with E-state index in [1.165, 1.54) is 12.0 Å². The van der Waals surface area contributed by atoms with Crippen molar-refractivity contribution < 1.29 is 24.3 Å².